The molecule has 0 saturated carbocycles. The number of nitrogens with one attached hydrogen (secondary N) is 1. The van der Waals surface area contributed by atoms with E-state index in [1.54, 1.807) is 46.9 Å². The molecule has 1 amide bonds. The van der Waals surface area contributed by atoms with E-state index in [1.807, 2.05) is 0 Å². The molecule has 0 aliphatic carbocycles. The maximum absolute atomic E-state index is 13.3. The summed E-state index contributed by atoms with van der Waals surface area (Å²) in [5.41, 5.74) is 2.02. The van der Waals surface area contributed by atoms with E-state index >= 15 is 0 Å². The number of aryl methyl sites for hydroxylation is 3. The molecule has 1 aromatic heterocycles. The van der Waals surface area contributed by atoms with Crippen molar-refractivity contribution in [3.05, 3.63) is 35.2 Å². The number of sulfonamides is 2. The molecule has 1 saturated heterocycles. The van der Waals surface area contributed by atoms with Crippen LogP contribution in [0.15, 0.2) is 28.0 Å². The molecule has 0 bridgehead atoms. The van der Waals surface area contributed by atoms with Crippen LogP contribution in [0.1, 0.15) is 36.7 Å². The normalized spacial score (nSPS) is 16.5. The Bertz CT molecular complexity index is 1270. The third-order valence-electron chi connectivity index (χ3n) is 5.85. The molecule has 0 atom stereocenters. The lowest BCUT2D eigenvalue weighted by Crippen LogP contribution is -2.37. The first-order chi connectivity index (χ1) is 15.4. The van der Waals surface area contributed by atoms with Crippen LogP contribution in [0, 0.1) is 20.8 Å². The minimum atomic E-state index is -3.83. The number of anilines is 1. The van der Waals surface area contributed by atoms with Gasteiger partial charge in [0.15, 0.2) is 0 Å². The van der Waals surface area contributed by atoms with Gasteiger partial charge in [0.05, 0.1) is 16.3 Å². The number of carbonyl (C=O) groups is 1. The molecule has 0 radical (unpaired) electrons. The van der Waals surface area contributed by atoms with Crippen molar-refractivity contribution in [3.8, 4) is 0 Å². The van der Waals surface area contributed by atoms with Gasteiger partial charge in [-0.05, 0) is 51.0 Å². The average Bonchev–Trinajstić information content (AvgIpc) is 2.91. The summed E-state index contributed by atoms with van der Waals surface area (Å²) in [6.07, 6.45) is 0.699. The Hall–Kier alpha value is -2.28. The fourth-order valence-corrected chi connectivity index (χ4v) is 7.56. The Labute approximate surface area is 195 Å². The lowest BCUT2D eigenvalue weighted by molar-refractivity contribution is -0.115. The molecule has 1 aromatic carbocycles. The third-order valence-corrected chi connectivity index (χ3v) is 10.1. The molecule has 3 rings (SSSR count). The molecular formula is C21H31N5O5S2. The molecule has 0 unspecified atom stereocenters. The van der Waals surface area contributed by atoms with E-state index in [4.69, 9.17) is 0 Å². The second kappa shape index (κ2) is 9.53. The van der Waals surface area contributed by atoms with Gasteiger partial charge in [-0.25, -0.2) is 16.8 Å². The smallest absolute Gasteiger partial charge is 0.246 e. The second-order valence-corrected chi connectivity index (χ2v) is 11.9. The van der Waals surface area contributed by atoms with Crippen molar-refractivity contribution < 1.29 is 21.6 Å². The van der Waals surface area contributed by atoms with E-state index in [-0.39, 0.29) is 41.9 Å². The molecule has 33 heavy (non-hydrogen) atoms. The summed E-state index contributed by atoms with van der Waals surface area (Å²) in [7, 11) is -5.94. The predicted octanol–water partition coefficient (Wildman–Crippen LogP) is 1.78. The van der Waals surface area contributed by atoms with Gasteiger partial charge in [0.25, 0.3) is 0 Å². The minimum Gasteiger partial charge on any atom is -0.326 e. The number of rotatable bonds is 6. The van der Waals surface area contributed by atoms with Crippen LogP contribution in [-0.2, 0) is 31.9 Å². The Morgan fingerprint density at radius 2 is 1.61 bits per heavy atom. The summed E-state index contributed by atoms with van der Waals surface area (Å²) in [5.74, 6) is -0.155. The van der Waals surface area contributed by atoms with E-state index in [9.17, 15) is 21.6 Å². The van der Waals surface area contributed by atoms with Crippen LogP contribution in [0.3, 0.4) is 0 Å². The predicted molar refractivity (Wildman–Crippen MR) is 125 cm³/mol. The van der Waals surface area contributed by atoms with Crippen LogP contribution >= 0.6 is 0 Å². The zero-order valence-corrected chi connectivity index (χ0v) is 21.3. The fraction of sp³-hybridized carbons (Fsp3) is 0.524. The number of hydrogen-bond donors (Lipinski definition) is 1. The first kappa shape index (κ1) is 25.3. The maximum Gasteiger partial charge on any atom is 0.246 e. The Morgan fingerprint density at radius 3 is 2.12 bits per heavy atom. The summed E-state index contributed by atoms with van der Waals surface area (Å²) in [6, 6.07) is 4.68. The fourth-order valence-electron chi connectivity index (χ4n) is 4.01. The summed E-state index contributed by atoms with van der Waals surface area (Å²) in [5, 5.41) is 6.93. The Morgan fingerprint density at radius 1 is 1.00 bits per heavy atom. The van der Waals surface area contributed by atoms with Gasteiger partial charge in [-0.15, -0.1) is 0 Å². The van der Waals surface area contributed by atoms with Crippen LogP contribution in [0.4, 0.5) is 5.69 Å². The second-order valence-electron chi connectivity index (χ2n) is 8.17. The highest BCUT2D eigenvalue weighted by atomic mass is 32.2. The first-order valence-electron chi connectivity index (χ1n) is 10.8. The minimum absolute atomic E-state index is 0.0493. The molecule has 1 N–H and O–H groups in total. The van der Waals surface area contributed by atoms with Crippen LogP contribution < -0.4 is 5.32 Å². The van der Waals surface area contributed by atoms with Gasteiger partial charge in [0.2, 0.25) is 26.0 Å². The molecular weight excluding hydrogens is 466 g/mol. The van der Waals surface area contributed by atoms with Gasteiger partial charge in [-0.3, -0.25) is 9.48 Å². The first-order valence-corrected chi connectivity index (χ1v) is 13.7. The molecule has 0 spiro atoms. The van der Waals surface area contributed by atoms with E-state index in [0.29, 0.717) is 35.5 Å². The van der Waals surface area contributed by atoms with Gasteiger partial charge in [-0.2, -0.15) is 13.7 Å². The zero-order chi connectivity index (χ0) is 24.6. The Kier molecular flexibility index (Phi) is 7.32. The standard InChI is InChI=1S/C21H31N5O5S2/c1-6-20(27)22-18-8-9-19(15(2)14-18)32(28,29)25-10-7-11-26(13-12-25)33(30,31)21-16(3)23-24(5)17(21)4/h8-9,14H,6-7,10-13H2,1-5H3,(H,22,27). The van der Waals surface area contributed by atoms with Gasteiger partial charge in [-0.1, -0.05) is 6.92 Å². The Balaban J connectivity index is 1.82. The monoisotopic (exact) mass is 497 g/mol. The summed E-state index contributed by atoms with van der Waals surface area (Å²) in [4.78, 5) is 11.9. The molecule has 1 fully saturated rings. The molecule has 2 heterocycles. The average molecular weight is 498 g/mol. The lowest BCUT2D eigenvalue weighted by Gasteiger charge is -2.22. The van der Waals surface area contributed by atoms with Crippen LogP contribution in [-0.4, -0.2) is 67.3 Å². The largest absolute Gasteiger partial charge is 0.326 e. The highest BCUT2D eigenvalue weighted by Crippen LogP contribution is 2.27. The SMILES string of the molecule is CCC(=O)Nc1ccc(S(=O)(=O)N2CCCN(S(=O)(=O)c3c(C)nn(C)c3C)CC2)c(C)c1. The van der Waals surface area contributed by atoms with Crippen molar-refractivity contribution in [1.29, 1.82) is 0 Å². The van der Waals surface area contributed by atoms with Crippen molar-refractivity contribution in [2.75, 3.05) is 31.5 Å². The van der Waals surface area contributed by atoms with Crippen molar-refractivity contribution in [3.63, 3.8) is 0 Å². The van der Waals surface area contributed by atoms with Crippen molar-refractivity contribution >= 4 is 31.6 Å². The number of aromatic nitrogens is 2. The highest BCUT2D eigenvalue weighted by molar-refractivity contribution is 7.89. The number of amides is 1. The number of hydrogen-bond acceptors (Lipinski definition) is 6. The van der Waals surface area contributed by atoms with E-state index in [2.05, 4.69) is 10.4 Å². The van der Waals surface area contributed by atoms with Crippen molar-refractivity contribution in [2.45, 2.75) is 50.3 Å². The maximum atomic E-state index is 13.3. The van der Waals surface area contributed by atoms with Crippen molar-refractivity contribution in [1.82, 2.24) is 18.4 Å². The molecule has 10 nitrogen and oxygen atoms in total. The van der Waals surface area contributed by atoms with Gasteiger partial charge < -0.3 is 5.32 Å². The van der Waals surface area contributed by atoms with Crippen LogP contribution in [0.5, 0.6) is 0 Å². The summed E-state index contributed by atoms with van der Waals surface area (Å²) >= 11 is 0. The third kappa shape index (κ3) is 4.98. The number of benzene rings is 1. The number of carbonyl (C=O) groups excluding carboxylic acids is 1. The molecule has 2 aromatic rings. The van der Waals surface area contributed by atoms with E-state index in [1.165, 1.54) is 19.4 Å². The molecule has 1 aliphatic rings. The van der Waals surface area contributed by atoms with Crippen molar-refractivity contribution in [2.24, 2.45) is 7.05 Å². The lowest BCUT2D eigenvalue weighted by atomic mass is 10.2. The molecule has 12 heteroatoms. The summed E-state index contributed by atoms with van der Waals surface area (Å²) in [6.45, 7) is 7.32. The summed E-state index contributed by atoms with van der Waals surface area (Å²) < 4.78 is 57.5. The van der Waals surface area contributed by atoms with E-state index in [0.717, 1.165) is 0 Å². The van der Waals surface area contributed by atoms with Crippen LogP contribution in [0.2, 0.25) is 0 Å². The zero-order valence-electron chi connectivity index (χ0n) is 19.6. The van der Waals surface area contributed by atoms with Crippen LogP contribution in [0.25, 0.3) is 0 Å². The highest BCUT2D eigenvalue weighted by Gasteiger charge is 2.34. The number of nitrogens with zero attached hydrogens (tertiary/aromatic N) is 4. The topological polar surface area (TPSA) is 122 Å². The quantitative estimate of drug-likeness (QED) is 0.649. The van der Waals surface area contributed by atoms with Gasteiger partial charge in [0, 0.05) is 45.3 Å². The van der Waals surface area contributed by atoms with Gasteiger partial charge in [0.1, 0.15) is 4.90 Å². The van der Waals surface area contributed by atoms with Gasteiger partial charge >= 0.3 is 0 Å². The molecule has 1 aliphatic heterocycles. The van der Waals surface area contributed by atoms with E-state index < -0.39 is 20.0 Å². The molecule has 182 valence electrons.